The molecule has 0 atom stereocenters. The Balaban J connectivity index is 1.35. The van der Waals surface area contributed by atoms with Gasteiger partial charge in [-0.15, -0.1) is 0 Å². The van der Waals surface area contributed by atoms with Gasteiger partial charge < -0.3 is 5.32 Å². The minimum absolute atomic E-state index is 0.00753. The van der Waals surface area contributed by atoms with E-state index in [1.807, 2.05) is 36.4 Å². The maximum Gasteiger partial charge on any atom is 0.261 e. The summed E-state index contributed by atoms with van der Waals surface area (Å²) >= 11 is 0. The molecule has 0 bridgehead atoms. The Kier molecular flexibility index (Phi) is 4.68. The molecule has 1 aromatic heterocycles. The average Bonchev–Trinajstić information content (AvgIpc) is 2.98. The molecule has 2 heterocycles. The number of aromatic nitrogens is 1. The summed E-state index contributed by atoms with van der Waals surface area (Å²) in [5.41, 5.74) is 2.75. The molecule has 6 nitrogen and oxygen atoms in total. The molecule has 0 saturated carbocycles. The molecule has 28 heavy (non-hydrogen) atoms. The Morgan fingerprint density at radius 1 is 0.821 bits per heavy atom. The fourth-order valence-corrected chi connectivity index (χ4v) is 3.13. The Hall–Kier alpha value is -3.80. The summed E-state index contributed by atoms with van der Waals surface area (Å²) in [6, 6.07) is 20.1. The highest BCUT2D eigenvalue weighted by Gasteiger charge is 2.34. The van der Waals surface area contributed by atoms with Gasteiger partial charge in [-0.2, -0.15) is 0 Å². The molecule has 2 aromatic carbocycles. The van der Waals surface area contributed by atoms with Crippen molar-refractivity contribution in [2.45, 2.75) is 6.42 Å². The number of carbonyl (C=O) groups excluding carboxylic acids is 3. The van der Waals surface area contributed by atoms with Crippen LogP contribution in [-0.2, 0) is 4.79 Å². The van der Waals surface area contributed by atoms with E-state index in [2.05, 4.69) is 10.3 Å². The molecule has 3 amide bonds. The lowest BCUT2D eigenvalue weighted by Gasteiger charge is -2.13. The Bertz CT molecular complexity index is 1010. The standard InChI is InChI=1S/C22H17N3O3/c26-20(12-13-25-21(27)17-8-4-5-9-18(17)22(25)28)24-19-11-10-16(14-23-19)15-6-2-1-3-7-15/h1-11,14H,12-13H2,(H,23,24,26). The van der Waals surface area contributed by atoms with Crippen molar-refractivity contribution in [2.75, 3.05) is 11.9 Å². The van der Waals surface area contributed by atoms with E-state index in [9.17, 15) is 14.4 Å². The zero-order chi connectivity index (χ0) is 19.5. The summed E-state index contributed by atoms with van der Waals surface area (Å²) in [4.78, 5) is 42.2. The first-order valence-corrected chi connectivity index (χ1v) is 8.90. The monoisotopic (exact) mass is 371 g/mol. The number of imide groups is 1. The molecule has 4 rings (SSSR count). The van der Waals surface area contributed by atoms with Crippen molar-refractivity contribution in [2.24, 2.45) is 0 Å². The van der Waals surface area contributed by atoms with Crippen molar-refractivity contribution in [1.82, 2.24) is 9.88 Å². The number of anilines is 1. The molecule has 3 aromatic rings. The smallest absolute Gasteiger partial charge is 0.261 e. The van der Waals surface area contributed by atoms with Crippen LogP contribution in [0, 0.1) is 0 Å². The van der Waals surface area contributed by atoms with Gasteiger partial charge in [0, 0.05) is 24.7 Å². The number of fused-ring (bicyclic) bond motifs is 1. The van der Waals surface area contributed by atoms with Gasteiger partial charge in [0.25, 0.3) is 11.8 Å². The van der Waals surface area contributed by atoms with E-state index >= 15 is 0 Å². The first-order valence-electron chi connectivity index (χ1n) is 8.90. The van der Waals surface area contributed by atoms with E-state index in [0.717, 1.165) is 16.0 Å². The summed E-state index contributed by atoms with van der Waals surface area (Å²) in [6.45, 7) is 0.0281. The average molecular weight is 371 g/mol. The van der Waals surface area contributed by atoms with Gasteiger partial charge in [0.05, 0.1) is 11.1 Å². The molecular formula is C22H17N3O3. The van der Waals surface area contributed by atoms with Gasteiger partial charge in [0.1, 0.15) is 5.82 Å². The Labute approximate surface area is 161 Å². The summed E-state index contributed by atoms with van der Waals surface area (Å²) in [5, 5.41) is 2.70. The number of rotatable bonds is 5. The number of benzene rings is 2. The van der Waals surface area contributed by atoms with Gasteiger partial charge in [0.15, 0.2) is 0 Å². The minimum atomic E-state index is -0.362. The van der Waals surface area contributed by atoms with Crippen molar-refractivity contribution >= 4 is 23.5 Å². The molecule has 1 aliphatic rings. The number of hydrogen-bond donors (Lipinski definition) is 1. The number of pyridine rings is 1. The fourth-order valence-electron chi connectivity index (χ4n) is 3.13. The SMILES string of the molecule is O=C(CCN1C(=O)c2ccccc2C1=O)Nc1ccc(-c2ccccc2)cn1. The maximum atomic E-state index is 12.3. The number of carbonyl (C=O) groups is 3. The fraction of sp³-hybridized carbons (Fsp3) is 0.0909. The first-order chi connectivity index (χ1) is 13.6. The molecule has 1 aliphatic heterocycles. The van der Waals surface area contributed by atoms with Gasteiger partial charge in [-0.3, -0.25) is 19.3 Å². The molecule has 0 unspecified atom stereocenters. The van der Waals surface area contributed by atoms with Gasteiger partial charge in [-0.25, -0.2) is 4.98 Å². The zero-order valence-corrected chi connectivity index (χ0v) is 15.0. The highest BCUT2D eigenvalue weighted by Crippen LogP contribution is 2.23. The van der Waals surface area contributed by atoms with Crippen LogP contribution >= 0.6 is 0 Å². The van der Waals surface area contributed by atoms with E-state index in [1.54, 1.807) is 36.5 Å². The van der Waals surface area contributed by atoms with Crippen LogP contribution in [-0.4, -0.2) is 34.2 Å². The summed E-state index contributed by atoms with van der Waals surface area (Å²) in [7, 11) is 0. The number of nitrogens with one attached hydrogen (secondary N) is 1. The highest BCUT2D eigenvalue weighted by atomic mass is 16.2. The Morgan fingerprint density at radius 3 is 2.07 bits per heavy atom. The second kappa shape index (κ2) is 7.44. The summed E-state index contributed by atoms with van der Waals surface area (Å²) in [6.07, 6.45) is 1.70. The van der Waals surface area contributed by atoms with Crippen molar-refractivity contribution in [1.29, 1.82) is 0 Å². The molecule has 138 valence electrons. The first kappa shape index (κ1) is 17.6. The van der Waals surface area contributed by atoms with E-state index in [4.69, 9.17) is 0 Å². The predicted octanol–water partition coefficient (Wildman–Crippen LogP) is 3.37. The number of amides is 3. The van der Waals surface area contributed by atoms with Gasteiger partial charge in [0.2, 0.25) is 5.91 Å². The van der Waals surface area contributed by atoms with Crippen molar-refractivity contribution < 1.29 is 14.4 Å². The van der Waals surface area contributed by atoms with Crippen LogP contribution in [0.5, 0.6) is 0 Å². The van der Waals surface area contributed by atoms with Crippen molar-refractivity contribution in [3.05, 3.63) is 84.1 Å². The topological polar surface area (TPSA) is 79.4 Å². The van der Waals surface area contributed by atoms with Crippen LogP contribution in [0.4, 0.5) is 5.82 Å². The normalized spacial score (nSPS) is 12.8. The molecule has 0 radical (unpaired) electrons. The van der Waals surface area contributed by atoms with E-state index in [0.29, 0.717) is 16.9 Å². The lowest BCUT2D eigenvalue weighted by molar-refractivity contribution is -0.116. The molecule has 0 spiro atoms. The molecule has 6 heteroatoms. The minimum Gasteiger partial charge on any atom is -0.311 e. The van der Waals surface area contributed by atoms with Gasteiger partial charge >= 0.3 is 0 Å². The van der Waals surface area contributed by atoms with E-state index in [-0.39, 0.29) is 30.7 Å². The van der Waals surface area contributed by atoms with Gasteiger partial charge in [-0.05, 0) is 29.8 Å². The Morgan fingerprint density at radius 2 is 1.46 bits per heavy atom. The van der Waals surface area contributed by atoms with E-state index < -0.39 is 0 Å². The molecule has 0 saturated heterocycles. The van der Waals surface area contributed by atoms with Crippen LogP contribution in [0.25, 0.3) is 11.1 Å². The molecule has 0 fully saturated rings. The lowest BCUT2D eigenvalue weighted by atomic mass is 10.1. The molecular weight excluding hydrogens is 354 g/mol. The third-order valence-electron chi connectivity index (χ3n) is 4.58. The van der Waals surface area contributed by atoms with E-state index in [1.165, 1.54) is 0 Å². The second-order valence-electron chi connectivity index (χ2n) is 6.40. The van der Waals surface area contributed by atoms with Crippen LogP contribution < -0.4 is 5.32 Å². The highest BCUT2D eigenvalue weighted by molar-refractivity contribution is 6.21. The zero-order valence-electron chi connectivity index (χ0n) is 15.0. The molecule has 1 N–H and O–H groups in total. The largest absolute Gasteiger partial charge is 0.311 e. The summed E-state index contributed by atoms with van der Waals surface area (Å²) in [5.74, 6) is -0.610. The van der Waals surface area contributed by atoms with Crippen LogP contribution in [0.3, 0.4) is 0 Å². The van der Waals surface area contributed by atoms with Gasteiger partial charge in [-0.1, -0.05) is 42.5 Å². The third-order valence-corrected chi connectivity index (χ3v) is 4.58. The number of hydrogen-bond acceptors (Lipinski definition) is 4. The van der Waals surface area contributed by atoms with Crippen LogP contribution in [0.1, 0.15) is 27.1 Å². The van der Waals surface area contributed by atoms with Crippen LogP contribution in [0.2, 0.25) is 0 Å². The molecule has 0 aliphatic carbocycles. The van der Waals surface area contributed by atoms with Crippen molar-refractivity contribution in [3.63, 3.8) is 0 Å². The van der Waals surface area contributed by atoms with Crippen molar-refractivity contribution in [3.8, 4) is 11.1 Å². The maximum absolute atomic E-state index is 12.3. The predicted molar refractivity (Wildman–Crippen MR) is 105 cm³/mol. The third kappa shape index (κ3) is 3.40. The number of nitrogens with zero attached hydrogens (tertiary/aromatic N) is 2. The second-order valence-corrected chi connectivity index (χ2v) is 6.40. The quantitative estimate of drug-likeness (QED) is 0.698. The van der Waals surface area contributed by atoms with Crippen LogP contribution in [0.15, 0.2) is 72.9 Å². The lowest BCUT2D eigenvalue weighted by Crippen LogP contribution is -2.32. The summed E-state index contributed by atoms with van der Waals surface area (Å²) < 4.78 is 0.